The Kier molecular flexibility index (Phi) is 5.17. The number of rotatable bonds is 4. The van der Waals surface area contributed by atoms with E-state index in [4.69, 9.17) is 9.15 Å². The van der Waals surface area contributed by atoms with E-state index in [9.17, 15) is 4.79 Å². The number of anilines is 1. The average Bonchev–Trinajstić information content (AvgIpc) is 3.39. The van der Waals surface area contributed by atoms with Gasteiger partial charge in [0, 0.05) is 71.1 Å². The van der Waals surface area contributed by atoms with Crippen LogP contribution in [0.15, 0.2) is 45.6 Å². The highest BCUT2D eigenvalue weighted by Gasteiger charge is 2.43. The van der Waals surface area contributed by atoms with Crippen LogP contribution in [0.25, 0.3) is 11.1 Å². The van der Waals surface area contributed by atoms with Crippen molar-refractivity contribution in [3.63, 3.8) is 0 Å². The lowest BCUT2D eigenvalue weighted by molar-refractivity contribution is -0.00746. The number of H-pyrrole nitrogens is 1. The first-order valence-electron chi connectivity index (χ1n) is 13.3. The zero-order chi connectivity index (χ0) is 23.4. The molecular formula is C28H34N4O3. The van der Waals surface area contributed by atoms with Crippen molar-refractivity contribution < 1.29 is 9.15 Å². The van der Waals surface area contributed by atoms with Gasteiger partial charge in [0.25, 0.3) is 0 Å². The normalized spacial score (nSPS) is 22.9. The molecule has 2 aromatic carbocycles. The van der Waals surface area contributed by atoms with Crippen LogP contribution >= 0.6 is 0 Å². The van der Waals surface area contributed by atoms with Crippen molar-refractivity contribution in [2.45, 2.75) is 56.7 Å². The van der Waals surface area contributed by atoms with Gasteiger partial charge in [-0.15, -0.1) is 0 Å². The number of para-hydroxylation sites is 1. The summed E-state index contributed by atoms with van der Waals surface area (Å²) >= 11 is 0. The number of benzene rings is 2. The summed E-state index contributed by atoms with van der Waals surface area (Å²) < 4.78 is 12.0. The number of piperazine rings is 1. The molecule has 0 bridgehead atoms. The van der Waals surface area contributed by atoms with Gasteiger partial charge in [-0.25, -0.2) is 4.79 Å². The number of aromatic nitrogens is 1. The molecule has 3 fully saturated rings. The van der Waals surface area contributed by atoms with Crippen LogP contribution < -0.4 is 15.4 Å². The fourth-order valence-electron chi connectivity index (χ4n) is 6.53. The molecule has 1 spiro atoms. The Hall–Kier alpha value is -2.77. The third-order valence-electron chi connectivity index (χ3n) is 8.81. The number of nitrogens with zero attached hydrogens (tertiary/aromatic N) is 3. The van der Waals surface area contributed by atoms with Crippen molar-refractivity contribution in [1.29, 1.82) is 0 Å². The molecule has 1 aliphatic carbocycles. The molecule has 0 atom stereocenters. The summed E-state index contributed by atoms with van der Waals surface area (Å²) in [6, 6.07) is 13.6. The Morgan fingerprint density at radius 1 is 1.00 bits per heavy atom. The van der Waals surface area contributed by atoms with Crippen molar-refractivity contribution in [3.05, 3.63) is 58.1 Å². The quantitative estimate of drug-likeness (QED) is 0.621. The Labute approximate surface area is 205 Å². The second-order valence-corrected chi connectivity index (χ2v) is 11.0. The molecule has 7 rings (SSSR count). The summed E-state index contributed by atoms with van der Waals surface area (Å²) in [6.45, 7) is 7.16. The smallest absolute Gasteiger partial charge is 0.417 e. The van der Waals surface area contributed by atoms with Crippen molar-refractivity contribution in [2.24, 2.45) is 0 Å². The number of likely N-dealkylation sites (tertiary alicyclic amines) is 1. The summed E-state index contributed by atoms with van der Waals surface area (Å²) in [6.07, 6.45) is 7.57. The van der Waals surface area contributed by atoms with E-state index in [0.29, 0.717) is 5.58 Å². The topological polar surface area (TPSA) is 65.0 Å². The molecule has 1 saturated carbocycles. The van der Waals surface area contributed by atoms with Crippen LogP contribution in [0, 0.1) is 0 Å². The van der Waals surface area contributed by atoms with Gasteiger partial charge in [0.05, 0.1) is 11.2 Å². The lowest BCUT2D eigenvalue weighted by Crippen LogP contribution is -2.52. The van der Waals surface area contributed by atoms with Crippen LogP contribution in [0.4, 0.5) is 5.69 Å². The summed E-state index contributed by atoms with van der Waals surface area (Å²) in [5.41, 5.74) is 5.24. The third kappa shape index (κ3) is 3.95. The number of nitrogens with one attached hydrogen (secondary N) is 1. The van der Waals surface area contributed by atoms with Crippen LogP contribution in [-0.4, -0.2) is 65.7 Å². The van der Waals surface area contributed by atoms with Gasteiger partial charge in [-0.3, -0.25) is 9.88 Å². The maximum Gasteiger partial charge on any atom is 0.417 e. The summed E-state index contributed by atoms with van der Waals surface area (Å²) in [5.74, 6) is 0.717. The van der Waals surface area contributed by atoms with Crippen molar-refractivity contribution >= 4 is 16.8 Å². The first kappa shape index (κ1) is 21.5. The number of hydrogen-bond acceptors (Lipinski definition) is 6. The molecule has 1 N–H and O–H groups in total. The van der Waals surface area contributed by atoms with E-state index in [-0.39, 0.29) is 5.60 Å². The van der Waals surface area contributed by atoms with Gasteiger partial charge in [0.15, 0.2) is 5.58 Å². The van der Waals surface area contributed by atoms with Gasteiger partial charge in [0.1, 0.15) is 11.4 Å². The number of aromatic amines is 1. The minimum atomic E-state index is -0.391. The van der Waals surface area contributed by atoms with E-state index in [1.165, 1.54) is 43.5 Å². The lowest BCUT2D eigenvalue weighted by atomic mass is 9.83. The predicted octanol–water partition coefficient (Wildman–Crippen LogP) is 3.77. The lowest BCUT2D eigenvalue weighted by Gasteiger charge is -2.45. The Morgan fingerprint density at radius 3 is 2.60 bits per heavy atom. The molecule has 2 saturated heterocycles. The maximum atomic E-state index is 11.7. The largest absolute Gasteiger partial charge is 0.487 e. The minimum absolute atomic E-state index is 0.0289. The summed E-state index contributed by atoms with van der Waals surface area (Å²) in [5, 5.41) is 0. The van der Waals surface area contributed by atoms with Crippen molar-refractivity contribution in [3.8, 4) is 5.75 Å². The monoisotopic (exact) mass is 474 g/mol. The molecule has 0 unspecified atom stereocenters. The van der Waals surface area contributed by atoms with Crippen molar-refractivity contribution in [1.82, 2.24) is 14.8 Å². The standard InChI is InChI=1S/C28H34N4O3/c33-27-29-23-5-2-6-24(26(23)34-27)32-15-13-30(14-16-32)19-20-7-8-25-21(17-20)18-28(35-25)9-11-31(12-10-28)22-3-1-4-22/h2,5-8,17,22H,1,3-4,9-16,18-19H2,(H,29,33). The van der Waals surface area contributed by atoms with E-state index in [1.807, 2.05) is 18.2 Å². The fourth-order valence-corrected chi connectivity index (χ4v) is 6.53. The zero-order valence-corrected chi connectivity index (χ0v) is 20.3. The highest BCUT2D eigenvalue weighted by atomic mass is 16.5. The van der Waals surface area contributed by atoms with Crippen molar-refractivity contribution in [2.75, 3.05) is 44.2 Å². The third-order valence-corrected chi connectivity index (χ3v) is 8.81. The van der Waals surface area contributed by atoms with Crippen LogP contribution in [0.2, 0.25) is 0 Å². The van der Waals surface area contributed by atoms with E-state index in [1.54, 1.807) is 0 Å². The van der Waals surface area contributed by atoms with Gasteiger partial charge < -0.3 is 19.0 Å². The Bertz CT molecular complexity index is 1280. The molecule has 184 valence electrons. The SMILES string of the molecule is O=c1[nH]c2cccc(N3CCN(Cc4ccc5c(c4)CC4(CCN(C6CCC6)CC4)O5)CC3)c2o1. The minimum Gasteiger partial charge on any atom is -0.487 e. The second kappa shape index (κ2) is 8.42. The molecule has 4 aliphatic rings. The maximum absolute atomic E-state index is 11.7. The van der Waals surface area contributed by atoms with Crippen LogP contribution in [0.1, 0.15) is 43.2 Å². The number of oxazole rings is 1. The van der Waals surface area contributed by atoms with Crippen LogP contribution in [0.3, 0.4) is 0 Å². The van der Waals surface area contributed by atoms with Gasteiger partial charge >= 0.3 is 5.76 Å². The second-order valence-electron chi connectivity index (χ2n) is 11.0. The molecular weight excluding hydrogens is 440 g/mol. The molecule has 4 heterocycles. The Morgan fingerprint density at radius 2 is 1.83 bits per heavy atom. The molecule has 1 aromatic heterocycles. The number of ether oxygens (including phenoxy) is 1. The predicted molar refractivity (Wildman–Crippen MR) is 136 cm³/mol. The highest BCUT2D eigenvalue weighted by molar-refractivity contribution is 5.86. The number of hydrogen-bond donors (Lipinski definition) is 1. The Balaban J connectivity index is 0.973. The van der Waals surface area contributed by atoms with E-state index >= 15 is 0 Å². The summed E-state index contributed by atoms with van der Waals surface area (Å²) in [4.78, 5) is 22.0. The molecule has 7 nitrogen and oxygen atoms in total. The molecule has 3 aromatic rings. The molecule has 35 heavy (non-hydrogen) atoms. The summed E-state index contributed by atoms with van der Waals surface area (Å²) in [7, 11) is 0. The molecule has 0 radical (unpaired) electrons. The van der Waals surface area contributed by atoms with Gasteiger partial charge in [-0.1, -0.05) is 24.6 Å². The zero-order valence-electron chi connectivity index (χ0n) is 20.3. The van der Waals surface area contributed by atoms with E-state index in [2.05, 4.69) is 37.9 Å². The van der Waals surface area contributed by atoms with Crippen LogP contribution in [0.5, 0.6) is 5.75 Å². The average molecular weight is 475 g/mol. The molecule has 3 aliphatic heterocycles. The number of piperidine rings is 1. The van der Waals surface area contributed by atoms with E-state index in [0.717, 1.165) is 75.0 Å². The molecule has 7 heteroatoms. The molecule has 0 amide bonds. The van der Waals surface area contributed by atoms with Gasteiger partial charge in [-0.2, -0.15) is 0 Å². The fraction of sp³-hybridized carbons (Fsp3) is 0.536. The van der Waals surface area contributed by atoms with Gasteiger partial charge in [-0.05, 0) is 42.2 Å². The van der Waals surface area contributed by atoms with E-state index < -0.39 is 5.76 Å². The number of fused-ring (bicyclic) bond motifs is 2. The highest BCUT2D eigenvalue weighted by Crippen LogP contribution is 2.42. The van der Waals surface area contributed by atoms with Gasteiger partial charge in [0.2, 0.25) is 0 Å². The first-order valence-corrected chi connectivity index (χ1v) is 13.3. The first-order chi connectivity index (χ1) is 17.1. The van der Waals surface area contributed by atoms with Crippen LogP contribution in [-0.2, 0) is 13.0 Å².